The monoisotopic (exact) mass is 269 g/mol. The third kappa shape index (κ3) is 2.20. The van der Waals surface area contributed by atoms with Gasteiger partial charge in [-0.3, -0.25) is 13.8 Å². The number of benzene rings is 1. The van der Waals surface area contributed by atoms with Crippen LogP contribution in [0.15, 0.2) is 23.1 Å². The summed E-state index contributed by atoms with van der Waals surface area (Å²) in [7, 11) is -1.46. The van der Waals surface area contributed by atoms with Crippen molar-refractivity contribution in [1.29, 1.82) is 0 Å². The Kier molecular flexibility index (Phi) is 3.56. The molecular weight excluding hydrogens is 257 g/mol. The van der Waals surface area contributed by atoms with E-state index >= 15 is 0 Å². The molecule has 0 aliphatic carbocycles. The average molecular weight is 269 g/mol. The summed E-state index contributed by atoms with van der Waals surface area (Å²) in [5.41, 5.74) is 0.879. The van der Waals surface area contributed by atoms with Crippen molar-refractivity contribution in [2.75, 3.05) is 23.9 Å². The second kappa shape index (κ2) is 4.97. The first-order valence-electron chi connectivity index (χ1n) is 5.44. The van der Waals surface area contributed by atoms with Gasteiger partial charge in [0.2, 0.25) is 5.91 Å². The molecule has 0 aromatic heterocycles. The van der Waals surface area contributed by atoms with Crippen LogP contribution >= 0.6 is 0 Å². The summed E-state index contributed by atoms with van der Waals surface area (Å²) in [5.74, 6) is -0.647. The van der Waals surface area contributed by atoms with Crippen molar-refractivity contribution in [3.63, 3.8) is 0 Å². The summed E-state index contributed by atoms with van der Waals surface area (Å²) < 4.78 is 24.3. The van der Waals surface area contributed by atoms with Gasteiger partial charge in [-0.2, -0.15) is 0 Å². The minimum Gasteiger partial charge on any atom is -0.308 e. The van der Waals surface area contributed by atoms with Crippen LogP contribution in [0.3, 0.4) is 0 Å². The zero-order valence-electron chi connectivity index (χ0n) is 9.81. The molecule has 1 aromatic carbocycles. The largest absolute Gasteiger partial charge is 0.308 e. The zero-order chi connectivity index (χ0) is 13.3. The molecule has 1 amide bonds. The maximum Gasteiger partial charge on any atom is 0.240 e. The molecule has 1 aliphatic heterocycles. The van der Waals surface area contributed by atoms with E-state index in [1.54, 1.807) is 12.1 Å². The number of rotatable bonds is 3. The molecule has 1 unspecified atom stereocenters. The minimum atomic E-state index is -1.46. The Morgan fingerprint density at radius 3 is 2.83 bits per heavy atom. The van der Waals surface area contributed by atoms with Gasteiger partial charge in [0.25, 0.3) is 0 Å². The topological polar surface area (TPSA) is 54.5 Å². The van der Waals surface area contributed by atoms with Crippen LogP contribution in [0, 0.1) is 0 Å². The molecule has 0 saturated carbocycles. The summed E-state index contributed by atoms with van der Waals surface area (Å²) in [5, 5.41) is 0. The van der Waals surface area contributed by atoms with Crippen LogP contribution in [-0.2, 0) is 15.6 Å². The molecule has 0 spiro atoms. The molecule has 96 valence electrons. The van der Waals surface area contributed by atoms with E-state index in [1.807, 2.05) is 0 Å². The highest BCUT2D eigenvalue weighted by Crippen LogP contribution is 2.29. The predicted octanol–water partition coefficient (Wildman–Crippen LogP) is 1.31. The lowest BCUT2D eigenvalue weighted by Crippen LogP contribution is -2.40. The number of ketones is 1. The Bertz CT molecular complexity index is 544. The quantitative estimate of drug-likeness (QED) is 0.777. The van der Waals surface area contributed by atoms with Crippen LogP contribution < -0.4 is 4.90 Å². The van der Waals surface area contributed by atoms with E-state index in [0.29, 0.717) is 16.1 Å². The fourth-order valence-corrected chi connectivity index (χ4v) is 3.08. The van der Waals surface area contributed by atoms with Crippen molar-refractivity contribution >= 4 is 28.2 Å². The van der Waals surface area contributed by atoms with Crippen LogP contribution in [0.4, 0.5) is 10.1 Å². The van der Waals surface area contributed by atoms with Gasteiger partial charge in [0.05, 0.1) is 27.9 Å². The number of hydrogen-bond donors (Lipinski definition) is 0. The van der Waals surface area contributed by atoms with Crippen LogP contribution in [-0.4, -0.2) is 34.9 Å². The standard InChI is InChI=1S/C12H12FNO3S/c1-8(15)9-2-3-10-11(6-9)18(17)7-12(16)14(10)5-4-13/h2-3,6H,4-5,7H2,1H3. The van der Waals surface area contributed by atoms with Gasteiger partial charge in [0, 0.05) is 5.56 Å². The molecule has 6 heteroatoms. The van der Waals surface area contributed by atoms with Crippen molar-refractivity contribution < 1.29 is 18.2 Å². The lowest BCUT2D eigenvalue weighted by atomic mass is 10.1. The lowest BCUT2D eigenvalue weighted by molar-refractivity contribution is -0.116. The SMILES string of the molecule is CC(=O)c1ccc2c(c1)S(=O)CC(=O)N2CCF. The molecule has 0 fully saturated rings. The maximum absolute atomic E-state index is 12.4. The van der Waals surface area contributed by atoms with Gasteiger partial charge < -0.3 is 4.90 Å². The minimum absolute atomic E-state index is 0.0531. The highest BCUT2D eigenvalue weighted by Gasteiger charge is 2.29. The zero-order valence-corrected chi connectivity index (χ0v) is 10.6. The fraction of sp³-hybridized carbons (Fsp3) is 0.333. The molecule has 0 N–H and O–H groups in total. The molecule has 1 heterocycles. The molecular formula is C12H12FNO3S. The number of Topliss-reactive ketones (excluding diaryl/α,β-unsaturated/α-hetero) is 1. The Morgan fingerprint density at radius 1 is 1.50 bits per heavy atom. The van der Waals surface area contributed by atoms with Gasteiger partial charge in [-0.15, -0.1) is 0 Å². The number of anilines is 1. The van der Waals surface area contributed by atoms with Crippen molar-refractivity contribution in [2.45, 2.75) is 11.8 Å². The van der Waals surface area contributed by atoms with Crippen molar-refractivity contribution in [2.24, 2.45) is 0 Å². The summed E-state index contributed by atoms with van der Waals surface area (Å²) in [4.78, 5) is 24.7. The van der Waals surface area contributed by atoms with Crippen LogP contribution in [0.5, 0.6) is 0 Å². The van der Waals surface area contributed by atoms with Gasteiger partial charge in [0.15, 0.2) is 5.78 Å². The van der Waals surface area contributed by atoms with Gasteiger partial charge in [-0.1, -0.05) is 0 Å². The van der Waals surface area contributed by atoms with E-state index in [0.717, 1.165) is 0 Å². The van der Waals surface area contributed by atoms with Gasteiger partial charge in [-0.05, 0) is 25.1 Å². The maximum atomic E-state index is 12.4. The second-order valence-corrected chi connectivity index (χ2v) is 5.38. The summed E-state index contributed by atoms with van der Waals surface area (Å²) in [6.07, 6.45) is 0. The van der Waals surface area contributed by atoms with Crippen LogP contribution in [0.25, 0.3) is 0 Å². The number of carbonyl (C=O) groups is 2. The molecule has 1 atom stereocenters. The number of carbonyl (C=O) groups excluding carboxylic acids is 2. The molecule has 2 rings (SSSR count). The summed E-state index contributed by atoms with van der Waals surface area (Å²) in [6, 6.07) is 4.63. The van der Waals surface area contributed by atoms with E-state index in [-0.39, 0.29) is 24.0 Å². The van der Waals surface area contributed by atoms with E-state index < -0.39 is 17.5 Å². The third-order valence-electron chi connectivity index (χ3n) is 2.77. The van der Waals surface area contributed by atoms with E-state index in [9.17, 15) is 18.2 Å². The van der Waals surface area contributed by atoms with Crippen molar-refractivity contribution in [3.8, 4) is 0 Å². The van der Waals surface area contributed by atoms with E-state index in [1.165, 1.54) is 17.9 Å². The Hall–Kier alpha value is -1.56. The van der Waals surface area contributed by atoms with E-state index in [4.69, 9.17) is 0 Å². The molecule has 18 heavy (non-hydrogen) atoms. The molecule has 0 bridgehead atoms. The van der Waals surface area contributed by atoms with Gasteiger partial charge in [0.1, 0.15) is 12.4 Å². The molecule has 1 aromatic rings. The Morgan fingerprint density at radius 2 is 2.22 bits per heavy atom. The molecule has 0 radical (unpaired) electrons. The smallest absolute Gasteiger partial charge is 0.240 e. The Balaban J connectivity index is 2.51. The highest BCUT2D eigenvalue weighted by atomic mass is 32.2. The predicted molar refractivity (Wildman–Crippen MR) is 66.0 cm³/mol. The van der Waals surface area contributed by atoms with Crippen LogP contribution in [0.1, 0.15) is 17.3 Å². The lowest BCUT2D eigenvalue weighted by Gasteiger charge is -2.28. The Labute approximate surface area is 106 Å². The average Bonchev–Trinajstić information content (AvgIpc) is 2.33. The van der Waals surface area contributed by atoms with Crippen molar-refractivity contribution in [3.05, 3.63) is 23.8 Å². The second-order valence-electron chi connectivity index (χ2n) is 3.96. The summed E-state index contributed by atoms with van der Waals surface area (Å²) >= 11 is 0. The normalized spacial score (nSPS) is 18.7. The first-order valence-corrected chi connectivity index (χ1v) is 6.76. The number of hydrogen-bond acceptors (Lipinski definition) is 3. The number of alkyl halides is 1. The molecule has 4 nitrogen and oxygen atoms in total. The van der Waals surface area contributed by atoms with E-state index in [2.05, 4.69) is 0 Å². The number of amides is 1. The first kappa shape index (κ1) is 12.9. The fourth-order valence-electron chi connectivity index (χ4n) is 1.87. The van der Waals surface area contributed by atoms with Gasteiger partial charge in [-0.25, -0.2) is 4.39 Å². The number of nitrogens with zero attached hydrogens (tertiary/aromatic N) is 1. The molecule has 1 aliphatic rings. The summed E-state index contributed by atoms with van der Waals surface area (Å²) in [6.45, 7) is 0.701. The van der Waals surface area contributed by atoms with Gasteiger partial charge >= 0.3 is 0 Å². The number of halogens is 1. The van der Waals surface area contributed by atoms with Crippen molar-refractivity contribution in [1.82, 2.24) is 0 Å². The number of fused-ring (bicyclic) bond motifs is 1. The highest BCUT2D eigenvalue weighted by molar-refractivity contribution is 7.86. The first-order chi connectivity index (χ1) is 8.54. The van der Waals surface area contributed by atoms with Crippen LogP contribution in [0.2, 0.25) is 0 Å². The third-order valence-corrected chi connectivity index (χ3v) is 4.09. The molecule has 0 saturated heterocycles.